The highest BCUT2D eigenvalue weighted by Crippen LogP contribution is 2.36. The van der Waals surface area contributed by atoms with Crippen LogP contribution in [0.15, 0.2) is 24.3 Å². The first-order valence-corrected chi connectivity index (χ1v) is 5.92. The summed E-state index contributed by atoms with van der Waals surface area (Å²) in [5.41, 5.74) is 2.79. The summed E-state index contributed by atoms with van der Waals surface area (Å²) in [5.74, 6) is 1.54. The van der Waals surface area contributed by atoms with Crippen LogP contribution < -0.4 is 0 Å². The van der Waals surface area contributed by atoms with Gasteiger partial charge in [0.1, 0.15) is 5.78 Å². The van der Waals surface area contributed by atoms with Gasteiger partial charge in [-0.3, -0.25) is 4.79 Å². The van der Waals surface area contributed by atoms with Crippen molar-refractivity contribution >= 4 is 5.78 Å². The summed E-state index contributed by atoms with van der Waals surface area (Å²) < 4.78 is 0. The number of carbonyl (C=O) groups excluding carboxylic acids is 1. The first-order chi connectivity index (χ1) is 7.33. The van der Waals surface area contributed by atoms with E-state index in [4.69, 9.17) is 0 Å². The van der Waals surface area contributed by atoms with Crippen LogP contribution in [0.2, 0.25) is 0 Å². The zero-order valence-corrected chi connectivity index (χ0v) is 8.91. The Bertz CT molecular complexity index is 365. The van der Waals surface area contributed by atoms with Crippen LogP contribution >= 0.6 is 0 Å². The molecular formula is C14H16O. The molecule has 1 aromatic carbocycles. The molecule has 0 unspecified atom stereocenters. The molecule has 78 valence electrons. The van der Waals surface area contributed by atoms with Gasteiger partial charge in [-0.2, -0.15) is 0 Å². The summed E-state index contributed by atoms with van der Waals surface area (Å²) in [5, 5.41) is 0. The van der Waals surface area contributed by atoms with Crippen molar-refractivity contribution in [3.8, 4) is 0 Å². The first-order valence-electron chi connectivity index (χ1n) is 5.92. The van der Waals surface area contributed by atoms with Crippen molar-refractivity contribution in [3.05, 3.63) is 35.4 Å². The number of rotatable bonds is 3. The zero-order valence-electron chi connectivity index (χ0n) is 8.91. The molecule has 0 atom stereocenters. The lowest BCUT2D eigenvalue weighted by atomic mass is 9.97. The van der Waals surface area contributed by atoms with Gasteiger partial charge >= 0.3 is 0 Å². The Morgan fingerprint density at radius 2 is 1.73 bits per heavy atom. The quantitative estimate of drug-likeness (QED) is 0.733. The molecule has 0 spiro atoms. The number of hydrogen-bond acceptors (Lipinski definition) is 1. The number of carbonyl (C=O) groups is 1. The molecule has 1 aromatic rings. The minimum Gasteiger partial charge on any atom is -0.299 e. The van der Waals surface area contributed by atoms with Gasteiger partial charge in [0.25, 0.3) is 0 Å². The van der Waals surface area contributed by atoms with Crippen molar-refractivity contribution in [2.45, 2.75) is 32.1 Å². The molecule has 15 heavy (non-hydrogen) atoms. The van der Waals surface area contributed by atoms with Crippen LogP contribution in [0, 0.1) is 11.8 Å². The maximum absolute atomic E-state index is 12.0. The van der Waals surface area contributed by atoms with E-state index in [0.717, 1.165) is 25.2 Å². The van der Waals surface area contributed by atoms with Gasteiger partial charge in [-0.05, 0) is 42.7 Å². The molecule has 2 aliphatic carbocycles. The molecule has 0 heterocycles. The first kappa shape index (κ1) is 9.14. The molecule has 1 fully saturated rings. The molecule has 0 amide bonds. The standard InChI is InChI=1S/C14H16O/c15-14(7-10-5-6-10)13-8-11-3-1-2-4-12(11)9-13/h1-4,10,13H,5-9H2. The third-order valence-electron chi connectivity index (χ3n) is 3.69. The van der Waals surface area contributed by atoms with E-state index >= 15 is 0 Å². The van der Waals surface area contributed by atoms with Crippen molar-refractivity contribution < 1.29 is 4.79 Å². The van der Waals surface area contributed by atoms with Gasteiger partial charge in [-0.1, -0.05) is 24.3 Å². The van der Waals surface area contributed by atoms with Crippen LogP contribution in [0.5, 0.6) is 0 Å². The lowest BCUT2D eigenvalue weighted by Gasteiger charge is -2.06. The zero-order chi connectivity index (χ0) is 10.3. The second-order valence-electron chi connectivity index (χ2n) is 4.99. The van der Waals surface area contributed by atoms with E-state index in [1.165, 1.54) is 24.0 Å². The molecule has 0 N–H and O–H groups in total. The summed E-state index contributed by atoms with van der Waals surface area (Å²) in [6, 6.07) is 8.48. The molecule has 1 nitrogen and oxygen atoms in total. The summed E-state index contributed by atoms with van der Waals surface area (Å²) in [6.07, 6.45) is 5.39. The second kappa shape index (κ2) is 3.48. The van der Waals surface area contributed by atoms with Crippen molar-refractivity contribution in [3.63, 3.8) is 0 Å². The van der Waals surface area contributed by atoms with E-state index < -0.39 is 0 Å². The fourth-order valence-corrected chi connectivity index (χ4v) is 2.56. The Labute approximate surface area is 90.5 Å². The molecule has 0 bridgehead atoms. The molecule has 0 aliphatic heterocycles. The van der Waals surface area contributed by atoms with E-state index in [2.05, 4.69) is 24.3 Å². The van der Waals surface area contributed by atoms with Gasteiger partial charge in [0.05, 0.1) is 0 Å². The van der Waals surface area contributed by atoms with Crippen LogP contribution in [-0.4, -0.2) is 5.78 Å². The topological polar surface area (TPSA) is 17.1 Å². The predicted octanol–water partition coefficient (Wildman–Crippen LogP) is 2.77. The molecule has 0 saturated heterocycles. The molecular weight excluding hydrogens is 184 g/mol. The summed E-state index contributed by atoms with van der Waals surface area (Å²) in [6.45, 7) is 0. The van der Waals surface area contributed by atoms with Crippen LogP contribution in [0.3, 0.4) is 0 Å². The Kier molecular flexibility index (Phi) is 2.12. The van der Waals surface area contributed by atoms with Crippen molar-refractivity contribution in [1.82, 2.24) is 0 Å². The van der Waals surface area contributed by atoms with Crippen LogP contribution in [-0.2, 0) is 17.6 Å². The minimum atomic E-state index is 0.294. The molecule has 0 aromatic heterocycles. The smallest absolute Gasteiger partial charge is 0.136 e. The van der Waals surface area contributed by atoms with E-state index in [0.29, 0.717) is 11.7 Å². The Balaban J connectivity index is 1.69. The highest BCUT2D eigenvalue weighted by Gasteiger charge is 2.31. The summed E-state index contributed by atoms with van der Waals surface area (Å²) in [4.78, 5) is 12.0. The van der Waals surface area contributed by atoms with E-state index in [1.54, 1.807) is 0 Å². The predicted molar refractivity (Wildman–Crippen MR) is 59.7 cm³/mol. The molecule has 1 heteroatoms. The van der Waals surface area contributed by atoms with Gasteiger partial charge in [0, 0.05) is 12.3 Å². The third kappa shape index (κ3) is 1.83. The average Bonchev–Trinajstić information content (AvgIpc) is 2.95. The Morgan fingerprint density at radius 1 is 1.13 bits per heavy atom. The number of benzene rings is 1. The molecule has 1 saturated carbocycles. The molecule has 0 radical (unpaired) electrons. The molecule has 2 aliphatic rings. The normalized spacial score (nSPS) is 20.3. The van der Waals surface area contributed by atoms with Crippen molar-refractivity contribution in [2.75, 3.05) is 0 Å². The SMILES string of the molecule is O=C(CC1CC1)C1Cc2ccccc2C1. The van der Waals surface area contributed by atoms with Crippen LogP contribution in [0.4, 0.5) is 0 Å². The minimum absolute atomic E-state index is 0.294. The highest BCUT2D eigenvalue weighted by atomic mass is 16.1. The lowest BCUT2D eigenvalue weighted by Crippen LogP contribution is -2.14. The highest BCUT2D eigenvalue weighted by molar-refractivity contribution is 5.83. The Morgan fingerprint density at radius 3 is 2.27 bits per heavy atom. The van der Waals surface area contributed by atoms with Gasteiger partial charge < -0.3 is 0 Å². The number of hydrogen-bond donors (Lipinski definition) is 0. The fraction of sp³-hybridized carbons (Fsp3) is 0.500. The van der Waals surface area contributed by atoms with E-state index in [-0.39, 0.29) is 0 Å². The van der Waals surface area contributed by atoms with E-state index in [9.17, 15) is 4.79 Å². The monoisotopic (exact) mass is 200 g/mol. The van der Waals surface area contributed by atoms with Gasteiger partial charge in [0.15, 0.2) is 0 Å². The van der Waals surface area contributed by atoms with Gasteiger partial charge in [0.2, 0.25) is 0 Å². The van der Waals surface area contributed by atoms with E-state index in [1.807, 2.05) is 0 Å². The van der Waals surface area contributed by atoms with Crippen molar-refractivity contribution in [1.29, 1.82) is 0 Å². The third-order valence-corrected chi connectivity index (χ3v) is 3.69. The maximum atomic E-state index is 12.0. The Hall–Kier alpha value is -1.11. The average molecular weight is 200 g/mol. The number of ketones is 1. The largest absolute Gasteiger partial charge is 0.299 e. The number of Topliss-reactive ketones (excluding diaryl/α,β-unsaturated/α-hetero) is 1. The van der Waals surface area contributed by atoms with Crippen molar-refractivity contribution in [2.24, 2.45) is 11.8 Å². The van der Waals surface area contributed by atoms with Gasteiger partial charge in [-0.15, -0.1) is 0 Å². The van der Waals surface area contributed by atoms with Crippen LogP contribution in [0.25, 0.3) is 0 Å². The van der Waals surface area contributed by atoms with Gasteiger partial charge in [-0.25, -0.2) is 0 Å². The fourth-order valence-electron chi connectivity index (χ4n) is 2.56. The number of fused-ring (bicyclic) bond motifs is 1. The lowest BCUT2D eigenvalue weighted by molar-refractivity contribution is -0.122. The maximum Gasteiger partial charge on any atom is 0.136 e. The second-order valence-corrected chi connectivity index (χ2v) is 4.99. The molecule has 3 rings (SSSR count). The summed E-state index contributed by atoms with van der Waals surface area (Å²) in [7, 11) is 0. The summed E-state index contributed by atoms with van der Waals surface area (Å²) >= 11 is 0. The van der Waals surface area contributed by atoms with Crippen LogP contribution in [0.1, 0.15) is 30.4 Å².